The Morgan fingerprint density at radius 2 is 2.13 bits per heavy atom. The van der Waals surface area contributed by atoms with Crippen LogP contribution >= 0.6 is 0 Å². The largest absolute Gasteiger partial charge is 0.495 e. The minimum atomic E-state index is 0.130. The lowest BCUT2D eigenvalue weighted by Gasteiger charge is -2.25. The zero-order valence-corrected chi connectivity index (χ0v) is 10.0. The molecule has 0 saturated heterocycles. The van der Waals surface area contributed by atoms with Gasteiger partial charge < -0.3 is 10.1 Å². The molecule has 0 saturated carbocycles. The second kappa shape index (κ2) is 5.12. The van der Waals surface area contributed by atoms with E-state index in [9.17, 15) is 0 Å². The van der Waals surface area contributed by atoms with Crippen molar-refractivity contribution in [1.29, 1.82) is 0 Å². The van der Waals surface area contributed by atoms with Gasteiger partial charge in [0.1, 0.15) is 5.75 Å². The first-order chi connectivity index (χ1) is 7.10. The predicted molar refractivity (Wildman–Crippen MR) is 62.4 cm³/mol. The second-order valence-corrected chi connectivity index (χ2v) is 4.35. The molecule has 1 rings (SSSR count). The standard InChI is InChI=1S/C12H20N2O/c1-12(2,5-6-13-3)10-7-11(15-4)9-14-8-10/h7-9,13H,5-6H2,1-4H3. The molecule has 84 valence electrons. The van der Waals surface area contributed by atoms with Gasteiger partial charge in [-0.05, 0) is 37.1 Å². The molecule has 0 radical (unpaired) electrons. The molecule has 0 fully saturated rings. The highest BCUT2D eigenvalue weighted by Crippen LogP contribution is 2.28. The molecule has 0 amide bonds. The van der Waals surface area contributed by atoms with E-state index >= 15 is 0 Å². The Labute approximate surface area is 91.9 Å². The fourth-order valence-corrected chi connectivity index (χ4v) is 1.48. The van der Waals surface area contributed by atoms with Gasteiger partial charge in [-0.15, -0.1) is 0 Å². The Hall–Kier alpha value is -1.09. The summed E-state index contributed by atoms with van der Waals surface area (Å²) in [5, 5.41) is 3.17. The minimum absolute atomic E-state index is 0.130. The van der Waals surface area contributed by atoms with Gasteiger partial charge in [-0.1, -0.05) is 13.8 Å². The summed E-state index contributed by atoms with van der Waals surface area (Å²) in [6, 6.07) is 2.06. The normalized spacial score (nSPS) is 11.5. The Balaban J connectivity index is 2.83. The number of aromatic nitrogens is 1. The van der Waals surface area contributed by atoms with Crippen LogP contribution in [-0.2, 0) is 5.41 Å². The predicted octanol–water partition coefficient (Wildman–Crippen LogP) is 1.98. The van der Waals surface area contributed by atoms with Gasteiger partial charge in [0, 0.05) is 6.20 Å². The summed E-state index contributed by atoms with van der Waals surface area (Å²) in [6.45, 7) is 5.45. The highest BCUT2D eigenvalue weighted by Gasteiger charge is 2.20. The highest BCUT2D eigenvalue weighted by molar-refractivity contribution is 5.28. The van der Waals surface area contributed by atoms with Crippen LogP contribution in [0.4, 0.5) is 0 Å². The molecule has 0 spiro atoms. The van der Waals surface area contributed by atoms with Crippen LogP contribution in [0, 0.1) is 0 Å². The molecule has 0 aliphatic heterocycles. The van der Waals surface area contributed by atoms with E-state index in [4.69, 9.17) is 4.74 Å². The Kier molecular flexibility index (Phi) is 4.09. The maximum absolute atomic E-state index is 5.18. The number of hydrogen-bond donors (Lipinski definition) is 1. The van der Waals surface area contributed by atoms with Crippen molar-refractivity contribution in [3.63, 3.8) is 0 Å². The number of nitrogens with zero attached hydrogens (tertiary/aromatic N) is 1. The van der Waals surface area contributed by atoms with E-state index in [0.29, 0.717) is 0 Å². The van der Waals surface area contributed by atoms with Crippen molar-refractivity contribution >= 4 is 0 Å². The summed E-state index contributed by atoms with van der Waals surface area (Å²) >= 11 is 0. The zero-order valence-electron chi connectivity index (χ0n) is 10.0. The molecule has 0 unspecified atom stereocenters. The lowest BCUT2D eigenvalue weighted by molar-refractivity contribution is 0.407. The molecule has 0 bridgehead atoms. The number of methoxy groups -OCH3 is 1. The Bertz CT molecular complexity index is 310. The quantitative estimate of drug-likeness (QED) is 0.803. The van der Waals surface area contributed by atoms with Crippen LogP contribution in [0.15, 0.2) is 18.5 Å². The van der Waals surface area contributed by atoms with Gasteiger partial charge in [0.05, 0.1) is 13.3 Å². The first-order valence-corrected chi connectivity index (χ1v) is 5.24. The number of rotatable bonds is 5. The average Bonchev–Trinajstić information content (AvgIpc) is 2.26. The third kappa shape index (κ3) is 3.20. The molecular weight excluding hydrogens is 188 g/mol. The average molecular weight is 208 g/mol. The van der Waals surface area contributed by atoms with E-state index in [0.717, 1.165) is 18.7 Å². The summed E-state index contributed by atoms with van der Waals surface area (Å²) in [6.07, 6.45) is 4.73. The first-order valence-electron chi connectivity index (χ1n) is 5.24. The summed E-state index contributed by atoms with van der Waals surface area (Å²) in [4.78, 5) is 4.18. The van der Waals surface area contributed by atoms with Crippen molar-refractivity contribution < 1.29 is 4.74 Å². The third-order valence-electron chi connectivity index (χ3n) is 2.73. The topological polar surface area (TPSA) is 34.2 Å². The van der Waals surface area contributed by atoms with Crippen LogP contribution in [0.2, 0.25) is 0 Å². The Morgan fingerprint density at radius 3 is 2.73 bits per heavy atom. The molecule has 1 aromatic rings. The summed E-state index contributed by atoms with van der Waals surface area (Å²) in [5.74, 6) is 0.824. The van der Waals surface area contributed by atoms with Crippen molar-refractivity contribution in [2.24, 2.45) is 0 Å². The third-order valence-corrected chi connectivity index (χ3v) is 2.73. The van der Waals surface area contributed by atoms with E-state index in [1.54, 1.807) is 13.3 Å². The van der Waals surface area contributed by atoms with Crippen LogP contribution in [0.25, 0.3) is 0 Å². The lowest BCUT2D eigenvalue weighted by Crippen LogP contribution is -2.23. The number of nitrogens with one attached hydrogen (secondary N) is 1. The summed E-state index contributed by atoms with van der Waals surface area (Å²) in [7, 11) is 3.64. The molecule has 3 nitrogen and oxygen atoms in total. The van der Waals surface area contributed by atoms with Crippen molar-refractivity contribution in [3.05, 3.63) is 24.0 Å². The molecule has 0 aliphatic carbocycles. The number of pyridine rings is 1. The van der Waals surface area contributed by atoms with Gasteiger partial charge in [0.25, 0.3) is 0 Å². The van der Waals surface area contributed by atoms with Crippen LogP contribution < -0.4 is 10.1 Å². The van der Waals surface area contributed by atoms with E-state index in [1.807, 2.05) is 13.2 Å². The van der Waals surface area contributed by atoms with E-state index < -0.39 is 0 Å². The van der Waals surface area contributed by atoms with Crippen molar-refractivity contribution in [3.8, 4) is 5.75 Å². The van der Waals surface area contributed by atoms with Crippen molar-refractivity contribution in [2.75, 3.05) is 20.7 Å². The molecule has 1 heterocycles. The van der Waals surface area contributed by atoms with Gasteiger partial charge in [-0.2, -0.15) is 0 Å². The van der Waals surface area contributed by atoms with Gasteiger partial charge in [0.15, 0.2) is 0 Å². The van der Waals surface area contributed by atoms with Crippen LogP contribution in [0.3, 0.4) is 0 Å². The van der Waals surface area contributed by atoms with Crippen LogP contribution in [-0.4, -0.2) is 25.7 Å². The van der Waals surface area contributed by atoms with Gasteiger partial charge in [-0.3, -0.25) is 4.98 Å². The second-order valence-electron chi connectivity index (χ2n) is 4.35. The number of ether oxygens (including phenoxy) is 1. The molecular formula is C12H20N2O. The van der Waals surface area contributed by atoms with E-state index in [2.05, 4.69) is 30.2 Å². The molecule has 0 aromatic carbocycles. The Morgan fingerprint density at radius 1 is 1.40 bits per heavy atom. The molecule has 1 N–H and O–H groups in total. The zero-order chi connectivity index (χ0) is 11.3. The van der Waals surface area contributed by atoms with Crippen molar-refractivity contribution in [1.82, 2.24) is 10.3 Å². The van der Waals surface area contributed by atoms with Gasteiger partial charge >= 0.3 is 0 Å². The van der Waals surface area contributed by atoms with Crippen molar-refractivity contribution in [2.45, 2.75) is 25.7 Å². The number of hydrogen-bond acceptors (Lipinski definition) is 3. The van der Waals surface area contributed by atoms with Gasteiger partial charge in [0.2, 0.25) is 0 Å². The van der Waals surface area contributed by atoms with Crippen LogP contribution in [0.5, 0.6) is 5.75 Å². The fraction of sp³-hybridized carbons (Fsp3) is 0.583. The van der Waals surface area contributed by atoms with Gasteiger partial charge in [-0.25, -0.2) is 0 Å². The fourth-order valence-electron chi connectivity index (χ4n) is 1.48. The maximum atomic E-state index is 5.18. The minimum Gasteiger partial charge on any atom is -0.495 e. The van der Waals surface area contributed by atoms with Crippen LogP contribution in [0.1, 0.15) is 25.8 Å². The summed E-state index contributed by atoms with van der Waals surface area (Å²) in [5.41, 5.74) is 1.35. The maximum Gasteiger partial charge on any atom is 0.137 e. The SMILES string of the molecule is CNCCC(C)(C)c1cncc(OC)c1. The van der Waals surface area contributed by atoms with E-state index in [-0.39, 0.29) is 5.41 Å². The lowest BCUT2D eigenvalue weighted by atomic mass is 9.82. The monoisotopic (exact) mass is 208 g/mol. The molecule has 0 atom stereocenters. The molecule has 0 aliphatic rings. The smallest absolute Gasteiger partial charge is 0.137 e. The first kappa shape index (κ1) is 12.0. The molecule has 15 heavy (non-hydrogen) atoms. The van der Waals surface area contributed by atoms with E-state index in [1.165, 1.54) is 5.56 Å². The summed E-state index contributed by atoms with van der Waals surface area (Å²) < 4.78 is 5.18. The molecule has 3 heteroatoms. The highest BCUT2D eigenvalue weighted by atomic mass is 16.5. The molecule has 1 aromatic heterocycles.